The van der Waals surface area contributed by atoms with Crippen molar-refractivity contribution >= 4 is 22.5 Å². The average molecular weight is 451 g/mol. The van der Waals surface area contributed by atoms with Gasteiger partial charge in [-0.1, -0.05) is 35.9 Å². The van der Waals surface area contributed by atoms with E-state index in [4.69, 9.17) is 16.3 Å². The molecule has 3 aromatic carbocycles. The van der Waals surface area contributed by atoms with Crippen LogP contribution >= 0.6 is 11.6 Å². The van der Waals surface area contributed by atoms with Gasteiger partial charge in [0.05, 0.1) is 23.3 Å². The number of hydrogen-bond acceptors (Lipinski definition) is 3. The van der Waals surface area contributed by atoms with Crippen LogP contribution in [0.4, 0.5) is 17.6 Å². The lowest BCUT2D eigenvalue weighted by atomic mass is 9.88. The van der Waals surface area contributed by atoms with Crippen molar-refractivity contribution < 1.29 is 27.4 Å². The molecule has 160 valence electrons. The van der Waals surface area contributed by atoms with Crippen LogP contribution in [0.5, 0.6) is 5.75 Å². The molecular formula is C22H15ClF4N2O2. The molecule has 0 saturated carbocycles. The molecule has 0 saturated heterocycles. The molecule has 0 aliphatic heterocycles. The molecule has 4 nitrogen and oxygen atoms in total. The van der Waals surface area contributed by atoms with E-state index in [1.165, 1.54) is 17.9 Å². The summed E-state index contributed by atoms with van der Waals surface area (Å²) in [6, 6.07) is 15.1. The maximum absolute atomic E-state index is 14.3. The van der Waals surface area contributed by atoms with E-state index in [1.54, 1.807) is 42.5 Å². The minimum absolute atomic E-state index is 0.0820. The second-order valence-corrected chi connectivity index (χ2v) is 7.22. The number of aliphatic hydroxyl groups is 1. The van der Waals surface area contributed by atoms with Crippen molar-refractivity contribution in [2.24, 2.45) is 0 Å². The Labute approximate surface area is 179 Å². The Morgan fingerprint density at radius 1 is 1.00 bits per heavy atom. The monoisotopic (exact) mass is 450 g/mol. The lowest BCUT2D eigenvalue weighted by molar-refractivity contribution is -0.249. The van der Waals surface area contributed by atoms with Crippen LogP contribution in [0.15, 0.2) is 66.7 Å². The Morgan fingerprint density at radius 3 is 2.29 bits per heavy atom. The van der Waals surface area contributed by atoms with E-state index in [-0.39, 0.29) is 5.39 Å². The molecule has 4 rings (SSSR count). The highest BCUT2D eigenvalue weighted by Gasteiger charge is 2.59. The van der Waals surface area contributed by atoms with E-state index >= 15 is 0 Å². The molecule has 0 radical (unpaired) electrons. The average Bonchev–Trinajstić information content (AvgIpc) is 3.14. The van der Waals surface area contributed by atoms with Crippen LogP contribution in [0.25, 0.3) is 16.6 Å². The first-order valence-electron chi connectivity index (χ1n) is 9.04. The van der Waals surface area contributed by atoms with Gasteiger partial charge in [0.25, 0.3) is 0 Å². The Hall–Kier alpha value is -3.10. The number of rotatable bonds is 4. The van der Waals surface area contributed by atoms with Gasteiger partial charge in [-0.3, -0.25) is 0 Å². The van der Waals surface area contributed by atoms with Crippen molar-refractivity contribution in [3.8, 4) is 11.4 Å². The van der Waals surface area contributed by atoms with E-state index in [9.17, 15) is 22.7 Å². The van der Waals surface area contributed by atoms with Crippen LogP contribution in [0.1, 0.15) is 11.3 Å². The smallest absolute Gasteiger partial charge is 0.427 e. The van der Waals surface area contributed by atoms with E-state index < -0.39 is 33.9 Å². The first-order chi connectivity index (χ1) is 14.7. The fourth-order valence-electron chi connectivity index (χ4n) is 3.41. The summed E-state index contributed by atoms with van der Waals surface area (Å²) in [5.74, 6) is -0.336. The fraction of sp³-hybridized carbons (Fsp3) is 0.136. The normalized spacial score (nSPS) is 13.9. The second-order valence-electron chi connectivity index (χ2n) is 6.81. The molecule has 0 amide bonds. The van der Waals surface area contributed by atoms with E-state index in [0.717, 1.165) is 18.2 Å². The number of halogens is 5. The number of fused-ring (bicyclic) bond motifs is 1. The lowest BCUT2D eigenvalue weighted by Gasteiger charge is -2.30. The van der Waals surface area contributed by atoms with Crippen molar-refractivity contribution in [3.63, 3.8) is 0 Å². The van der Waals surface area contributed by atoms with E-state index in [1.807, 2.05) is 0 Å². The number of nitrogens with zero attached hydrogens (tertiary/aromatic N) is 2. The molecule has 0 spiro atoms. The molecule has 1 atom stereocenters. The molecule has 1 N–H and O–H groups in total. The van der Waals surface area contributed by atoms with Crippen molar-refractivity contribution in [1.29, 1.82) is 0 Å². The minimum atomic E-state index is -5.17. The van der Waals surface area contributed by atoms with Gasteiger partial charge in [0.1, 0.15) is 17.3 Å². The molecule has 0 bridgehead atoms. The fourth-order valence-corrected chi connectivity index (χ4v) is 3.59. The highest BCUT2D eigenvalue weighted by Crippen LogP contribution is 2.46. The van der Waals surface area contributed by atoms with Crippen LogP contribution < -0.4 is 4.74 Å². The Kier molecular flexibility index (Phi) is 5.15. The summed E-state index contributed by atoms with van der Waals surface area (Å²) in [5.41, 5.74) is -4.00. The third-order valence-electron chi connectivity index (χ3n) is 4.99. The molecule has 4 aromatic rings. The van der Waals surface area contributed by atoms with Crippen molar-refractivity contribution in [3.05, 3.63) is 88.8 Å². The standard InChI is InChI=1S/C22H15ClF4N2O2/c1-31-15-9-7-14(8-10-15)29-19-5-3-2-4-16(19)20(28-29)21(30,22(25,26)27)13-6-11-18(24)17(23)12-13/h2-12,30H,1H3. The highest BCUT2D eigenvalue weighted by molar-refractivity contribution is 6.30. The van der Waals surface area contributed by atoms with E-state index in [0.29, 0.717) is 17.0 Å². The van der Waals surface area contributed by atoms with Gasteiger partial charge in [-0.2, -0.15) is 18.3 Å². The number of alkyl halides is 3. The molecule has 0 fully saturated rings. The Bertz CT molecular complexity index is 1250. The van der Waals surface area contributed by atoms with Gasteiger partial charge in [0, 0.05) is 10.9 Å². The maximum Gasteiger partial charge on any atom is 0.427 e. The number of hydrogen-bond donors (Lipinski definition) is 1. The molecule has 9 heteroatoms. The minimum Gasteiger partial charge on any atom is -0.497 e. The Morgan fingerprint density at radius 2 is 1.68 bits per heavy atom. The Balaban J connectivity index is 2.01. The van der Waals surface area contributed by atoms with Gasteiger partial charge in [0.2, 0.25) is 5.60 Å². The summed E-state index contributed by atoms with van der Waals surface area (Å²) in [6.07, 6.45) is -5.17. The van der Waals surface area contributed by atoms with Crippen LogP contribution in [-0.2, 0) is 5.60 Å². The predicted octanol–water partition coefficient (Wildman–Crippen LogP) is 5.62. The zero-order chi connectivity index (χ0) is 22.4. The molecule has 1 unspecified atom stereocenters. The van der Waals surface area contributed by atoms with Crippen molar-refractivity contribution in [2.45, 2.75) is 11.8 Å². The first-order valence-corrected chi connectivity index (χ1v) is 9.42. The number of methoxy groups -OCH3 is 1. The summed E-state index contributed by atoms with van der Waals surface area (Å²) in [7, 11) is 1.49. The largest absolute Gasteiger partial charge is 0.497 e. The number of aromatic nitrogens is 2. The molecule has 1 aromatic heterocycles. The summed E-state index contributed by atoms with van der Waals surface area (Å²) < 4.78 is 62.9. The van der Waals surface area contributed by atoms with Gasteiger partial charge in [-0.15, -0.1) is 0 Å². The summed E-state index contributed by atoms with van der Waals surface area (Å²) in [4.78, 5) is 0. The van der Waals surface area contributed by atoms with Crippen LogP contribution in [-0.4, -0.2) is 28.2 Å². The van der Waals surface area contributed by atoms with Crippen LogP contribution in [0, 0.1) is 5.82 Å². The number of benzene rings is 3. The first kappa shape index (κ1) is 21.1. The lowest BCUT2D eigenvalue weighted by Crippen LogP contribution is -2.44. The quantitative estimate of drug-likeness (QED) is 0.410. The van der Waals surface area contributed by atoms with Crippen molar-refractivity contribution in [2.75, 3.05) is 7.11 Å². The van der Waals surface area contributed by atoms with Crippen molar-refractivity contribution in [1.82, 2.24) is 9.78 Å². The predicted molar refractivity (Wildman–Crippen MR) is 108 cm³/mol. The van der Waals surface area contributed by atoms with Gasteiger partial charge in [-0.05, 0) is 42.5 Å². The highest BCUT2D eigenvalue weighted by atomic mass is 35.5. The van der Waals surface area contributed by atoms with Gasteiger partial charge in [0.15, 0.2) is 0 Å². The molecule has 31 heavy (non-hydrogen) atoms. The zero-order valence-electron chi connectivity index (χ0n) is 16.0. The molecule has 0 aliphatic rings. The topological polar surface area (TPSA) is 47.3 Å². The summed E-state index contributed by atoms with van der Waals surface area (Å²) >= 11 is 5.71. The third-order valence-corrected chi connectivity index (χ3v) is 5.28. The molecule has 0 aliphatic carbocycles. The third kappa shape index (κ3) is 3.41. The zero-order valence-corrected chi connectivity index (χ0v) is 16.7. The summed E-state index contributed by atoms with van der Waals surface area (Å²) in [5, 5.41) is 14.7. The van der Waals surface area contributed by atoms with Crippen LogP contribution in [0.3, 0.4) is 0 Å². The number of para-hydroxylation sites is 1. The van der Waals surface area contributed by atoms with Gasteiger partial charge < -0.3 is 9.84 Å². The van der Waals surface area contributed by atoms with Gasteiger partial charge >= 0.3 is 6.18 Å². The summed E-state index contributed by atoms with van der Waals surface area (Å²) in [6.45, 7) is 0. The maximum atomic E-state index is 14.3. The second kappa shape index (κ2) is 7.55. The molecular weight excluding hydrogens is 436 g/mol. The van der Waals surface area contributed by atoms with Crippen LogP contribution in [0.2, 0.25) is 5.02 Å². The molecule has 1 heterocycles. The van der Waals surface area contributed by atoms with Gasteiger partial charge in [-0.25, -0.2) is 9.07 Å². The SMILES string of the molecule is COc1ccc(-n2nc(C(O)(c3ccc(F)c(Cl)c3)C(F)(F)F)c3ccccc32)cc1. The number of ether oxygens (including phenoxy) is 1. The van der Waals surface area contributed by atoms with E-state index in [2.05, 4.69) is 5.10 Å².